The van der Waals surface area contributed by atoms with Crippen molar-refractivity contribution in [2.24, 2.45) is 5.73 Å². The van der Waals surface area contributed by atoms with Gasteiger partial charge in [0.2, 0.25) is 5.91 Å². The van der Waals surface area contributed by atoms with E-state index in [0.717, 1.165) is 11.3 Å². The molecule has 0 aliphatic heterocycles. The molecule has 2 aromatic rings. The van der Waals surface area contributed by atoms with Crippen LogP contribution in [-0.4, -0.2) is 40.4 Å². The van der Waals surface area contributed by atoms with E-state index < -0.39 is 0 Å². The standard InChI is InChI=1S/C14H19N5O2.2ClH/c1-21-13(7-15)6-14(20)17-8-11-2-4-12(5-3-11)19-10-16-9-18-19;;/h2-5,9-10,13H,6-8,15H2,1H3,(H,17,20);2*1H. The molecule has 0 spiro atoms. The van der Waals surface area contributed by atoms with E-state index in [2.05, 4.69) is 15.4 Å². The number of rotatable bonds is 7. The average molecular weight is 362 g/mol. The zero-order valence-corrected chi connectivity index (χ0v) is 14.3. The Bertz CT molecular complexity index is 559. The highest BCUT2D eigenvalue weighted by Crippen LogP contribution is 2.08. The molecule has 1 aromatic carbocycles. The van der Waals surface area contributed by atoms with Gasteiger partial charge in [-0.1, -0.05) is 12.1 Å². The van der Waals surface area contributed by atoms with Crippen molar-refractivity contribution >= 4 is 30.7 Å². The first-order valence-electron chi connectivity index (χ1n) is 6.66. The summed E-state index contributed by atoms with van der Waals surface area (Å²) < 4.78 is 6.75. The number of methoxy groups -OCH3 is 1. The predicted octanol–water partition coefficient (Wildman–Crippen LogP) is 1.09. The van der Waals surface area contributed by atoms with E-state index in [4.69, 9.17) is 10.5 Å². The third-order valence-electron chi connectivity index (χ3n) is 3.12. The summed E-state index contributed by atoms with van der Waals surface area (Å²) in [5, 5.41) is 6.89. The lowest BCUT2D eigenvalue weighted by molar-refractivity contribution is -0.123. The summed E-state index contributed by atoms with van der Waals surface area (Å²) in [6.45, 7) is 0.800. The molecule has 1 unspecified atom stereocenters. The summed E-state index contributed by atoms with van der Waals surface area (Å²) in [6, 6.07) is 7.73. The summed E-state index contributed by atoms with van der Waals surface area (Å²) in [5.74, 6) is -0.0762. The fraction of sp³-hybridized carbons (Fsp3) is 0.357. The molecule has 7 nitrogen and oxygen atoms in total. The largest absolute Gasteiger partial charge is 0.380 e. The van der Waals surface area contributed by atoms with Gasteiger partial charge in [-0.15, -0.1) is 24.8 Å². The maximum absolute atomic E-state index is 11.7. The Labute approximate surface area is 147 Å². The smallest absolute Gasteiger partial charge is 0.222 e. The SMILES string of the molecule is COC(CN)CC(=O)NCc1ccc(-n2cncn2)cc1.Cl.Cl. The molecule has 0 bridgehead atoms. The topological polar surface area (TPSA) is 95.1 Å². The van der Waals surface area contributed by atoms with Crippen LogP contribution in [0.3, 0.4) is 0 Å². The lowest BCUT2D eigenvalue weighted by Gasteiger charge is -2.12. The highest BCUT2D eigenvalue weighted by atomic mass is 35.5. The monoisotopic (exact) mass is 361 g/mol. The van der Waals surface area contributed by atoms with Crippen LogP contribution in [0.5, 0.6) is 0 Å². The number of halogens is 2. The molecule has 0 aliphatic rings. The molecule has 1 heterocycles. The minimum absolute atomic E-state index is 0. The molecule has 0 saturated carbocycles. The number of nitrogens with two attached hydrogens (primary N) is 1. The van der Waals surface area contributed by atoms with E-state index in [1.165, 1.54) is 6.33 Å². The molecule has 2 rings (SSSR count). The number of carbonyl (C=O) groups is 1. The lowest BCUT2D eigenvalue weighted by Crippen LogP contribution is -2.31. The second-order valence-electron chi connectivity index (χ2n) is 4.58. The molecule has 0 fully saturated rings. The number of ether oxygens (including phenoxy) is 1. The minimum atomic E-state index is -0.236. The molecule has 128 valence electrons. The first kappa shape index (κ1) is 21.3. The van der Waals surface area contributed by atoms with Crippen molar-refractivity contribution in [1.29, 1.82) is 0 Å². The first-order valence-corrected chi connectivity index (χ1v) is 6.66. The molecular formula is C14H21Cl2N5O2. The van der Waals surface area contributed by atoms with E-state index >= 15 is 0 Å². The maximum atomic E-state index is 11.7. The highest BCUT2D eigenvalue weighted by Gasteiger charge is 2.10. The number of hydrogen-bond acceptors (Lipinski definition) is 5. The van der Waals surface area contributed by atoms with Gasteiger partial charge in [-0.25, -0.2) is 9.67 Å². The third kappa shape index (κ3) is 6.54. The van der Waals surface area contributed by atoms with Gasteiger partial charge in [0.15, 0.2) is 0 Å². The number of hydrogen-bond donors (Lipinski definition) is 2. The van der Waals surface area contributed by atoms with Crippen LogP contribution in [0.2, 0.25) is 0 Å². The molecule has 0 saturated heterocycles. The molecule has 1 amide bonds. The lowest BCUT2D eigenvalue weighted by atomic mass is 10.2. The second-order valence-corrected chi connectivity index (χ2v) is 4.58. The summed E-state index contributed by atoms with van der Waals surface area (Å²) in [6.07, 6.45) is 3.15. The van der Waals surface area contributed by atoms with Gasteiger partial charge < -0.3 is 15.8 Å². The van der Waals surface area contributed by atoms with E-state index in [9.17, 15) is 4.79 Å². The summed E-state index contributed by atoms with van der Waals surface area (Å²) >= 11 is 0. The molecule has 23 heavy (non-hydrogen) atoms. The van der Waals surface area contributed by atoms with E-state index in [0.29, 0.717) is 13.1 Å². The van der Waals surface area contributed by atoms with Crippen LogP contribution >= 0.6 is 24.8 Å². The first-order chi connectivity index (χ1) is 10.2. The molecule has 1 atom stereocenters. The predicted molar refractivity (Wildman–Crippen MR) is 92.2 cm³/mol. The fourth-order valence-corrected chi connectivity index (χ4v) is 1.85. The summed E-state index contributed by atoms with van der Waals surface area (Å²) in [7, 11) is 1.55. The van der Waals surface area contributed by atoms with Gasteiger partial charge in [-0.2, -0.15) is 5.10 Å². The number of benzene rings is 1. The van der Waals surface area contributed by atoms with Gasteiger partial charge in [0, 0.05) is 20.2 Å². The van der Waals surface area contributed by atoms with Crippen molar-refractivity contribution in [1.82, 2.24) is 20.1 Å². The van der Waals surface area contributed by atoms with Crippen LogP contribution in [-0.2, 0) is 16.1 Å². The maximum Gasteiger partial charge on any atom is 0.222 e. The minimum Gasteiger partial charge on any atom is -0.380 e. The van der Waals surface area contributed by atoms with Crippen LogP contribution in [0.4, 0.5) is 0 Å². The number of amides is 1. The van der Waals surface area contributed by atoms with Gasteiger partial charge >= 0.3 is 0 Å². The highest BCUT2D eigenvalue weighted by molar-refractivity contribution is 5.85. The molecule has 3 N–H and O–H groups in total. The van der Waals surface area contributed by atoms with Crippen LogP contribution in [0.15, 0.2) is 36.9 Å². The van der Waals surface area contributed by atoms with E-state index in [1.54, 1.807) is 18.1 Å². The van der Waals surface area contributed by atoms with E-state index in [-0.39, 0.29) is 43.2 Å². The van der Waals surface area contributed by atoms with Crippen LogP contribution in [0.1, 0.15) is 12.0 Å². The normalized spacial score (nSPS) is 11.0. The molecule has 1 aromatic heterocycles. The fourth-order valence-electron chi connectivity index (χ4n) is 1.85. The van der Waals surface area contributed by atoms with Crippen LogP contribution < -0.4 is 11.1 Å². The van der Waals surface area contributed by atoms with Crippen molar-refractivity contribution in [2.45, 2.75) is 19.1 Å². The zero-order chi connectivity index (χ0) is 15.1. The second kappa shape index (κ2) is 11.0. The molecule has 0 aliphatic carbocycles. The molecule has 9 heteroatoms. The Balaban J connectivity index is 0.00000242. The number of carbonyl (C=O) groups excluding carboxylic acids is 1. The van der Waals surface area contributed by atoms with Crippen LogP contribution in [0.25, 0.3) is 5.69 Å². The molecule has 0 radical (unpaired) electrons. The van der Waals surface area contributed by atoms with Crippen molar-refractivity contribution in [3.8, 4) is 5.69 Å². The van der Waals surface area contributed by atoms with Crippen molar-refractivity contribution in [2.75, 3.05) is 13.7 Å². The average Bonchev–Trinajstić information content (AvgIpc) is 3.05. The van der Waals surface area contributed by atoms with Gasteiger partial charge in [0.1, 0.15) is 12.7 Å². The Kier molecular flexibility index (Phi) is 10.2. The Morgan fingerprint density at radius 2 is 2.04 bits per heavy atom. The Morgan fingerprint density at radius 1 is 1.35 bits per heavy atom. The summed E-state index contributed by atoms with van der Waals surface area (Å²) in [5.41, 5.74) is 7.41. The zero-order valence-electron chi connectivity index (χ0n) is 12.7. The third-order valence-corrected chi connectivity index (χ3v) is 3.12. The van der Waals surface area contributed by atoms with Crippen LogP contribution in [0, 0.1) is 0 Å². The summed E-state index contributed by atoms with van der Waals surface area (Å²) in [4.78, 5) is 15.6. The number of nitrogens with zero attached hydrogens (tertiary/aromatic N) is 3. The van der Waals surface area contributed by atoms with Gasteiger partial charge in [-0.3, -0.25) is 4.79 Å². The van der Waals surface area contributed by atoms with Gasteiger partial charge in [0.25, 0.3) is 0 Å². The van der Waals surface area contributed by atoms with E-state index in [1.807, 2.05) is 24.3 Å². The van der Waals surface area contributed by atoms with Crippen molar-refractivity contribution in [3.05, 3.63) is 42.5 Å². The van der Waals surface area contributed by atoms with Crippen molar-refractivity contribution < 1.29 is 9.53 Å². The Hall–Kier alpha value is -1.67. The quantitative estimate of drug-likeness (QED) is 0.769. The van der Waals surface area contributed by atoms with Gasteiger partial charge in [-0.05, 0) is 17.7 Å². The number of aromatic nitrogens is 3. The van der Waals surface area contributed by atoms with Crippen molar-refractivity contribution in [3.63, 3.8) is 0 Å². The Morgan fingerprint density at radius 3 is 2.57 bits per heavy atom. The molecular weight excluding hydrogens is 341 g/mol. The number of nitrogens with one attached hydrogen (secondary N) is 1. The van der Waals surface area contributed by atoms with Gasteiger partial charge in [0.05, 0.1) is 18.2 Å².